The van der Waals surface area contributed by atoms with Gasteiger partial charge in [0.1, 0.15) is 0 Å². The number of pyridine rings is 1. The maximum atomic E-state index is 4.20. The molecule has 0 fully saturated rings. The highest BCUT2D eigenvalue weighted by Gasteiger charge is 2.02. The van der Waals surface area contributed by atoms with Crippen LogP contribution in [0.5, 0.6) is 0 Å². The zero-order valence-corrected chi connectivity index (χ0v) is 7.91. The van der Waals surface area contributed by atoms with Crippen LogP contribution in [0.1, 0.15) is 26.5 Å². The van der Waals surface area contributed by atoms with Crippen LogP contribution in [0, 0.1) is 5.41 Å². The summed E-state index contributed by atoms with van der Waals surface area (Å²) < 4.78 is 0. The van der Waals surface area contributed by atoms with Crippen molar-refractivity contribution in [2.24, 2.45) is 5.41 Å². The molecule has 1 aromatic heterocycles. The van der Waals surface area contributed by atoms with E-state index in [-0.39, 0.29) is 5.41 Å². The Bertz CT molecular complexity index is 254. The number of hydrogen-bond donors (Lipinski definition) is 0. The van der Waals surface area contributed by atoms with Crippen molar-refractivity contribution in [1.29, 1.82) is 0 Å². The summed E-state index contributed by atoms with van der Waals surface area (Å²) in [6.07, 6.45) is 6.03. The monoisotopic (exact) mass is 161 g/mol. The number of rotatable bonds is 1. The van der Waals surface area contributed by atoms with Crippen LogP contribution in [0.4, 0.5) is 0 Å². The van der Waals surface area contributed by atoms with E-state index in [4.69, 9.17) is 0 Å². The van der Waals surface area contributed by atoms with Gasteiger partial charge in [0.05, 0.1) is 5.69 Å². The summed E-state index contributed by atoms with van der Waals surface area (Å²) in [5.74, 6) is 0. The molecule has 0 unspecified atom stereocenters. The van der Waals surface area contributed by atoms with E-state index in [0.29, 0.717) is 0 Å². The summed E-state index contributed by atoms with van der Waals surface area (Å²) in [5.41, 5.74) is 1.25. The van der Waals surface area contributed by atoms with E-state index < -0.39 is 0 Å². The number of aromatic nitrogens is 1. The second kappa shape index (κ2) is 3.53. The number of hydrogen-bond acceptors (Lipinski definition) is 1. The van der Waals surface area contributed by atoms with Gasteiger partial charge in [-0.25, -0.2) is 0 Å². The van der Waals surface area contributed by atoms with Crippen molar-refractivity contribution >= 4 is 6.08 Å². The van der Waals surface area contributed by atoms with Gasteiger partial charge in [0.15, 0.2) is 0 Å². The van der Waals surface area contributed by atoms with Crippen molar-refractivity contribution < 1.29 is 0 Å². The van der Waals surface area contributed by atoms with Crippen LogP contribution >= 0.6 is 0 Å². The highest BCUT2D eigenvalue weighted by atomic mass is 14.6. The molecule has 0 atom stereocenters. The molecule has 1 rings (SSSR count). The predicted octanol–water partition coefficient (Wildman–Crippen LogP) is 3.14. The standard InChI is InChI=1S/C11H15N/c1-11(2,3)8-7-10-6-4-5-9-12-10/h4-9H,1-3H3/b8-7+. The third kappa shape index (κ3) is 3.33. The van der Waals surface area contributed by atoms with E-state index in [1.54, 1.807) is 0 Å². The maximum absolute atomic E-state index is 4.20. The smallest absolute Gasteiger partial charge is 0.0626 e. The fourth-order valence-corrected chi connectivity index (χ4v) is 0.810. The topological polar surface area (TPSA) is 12.9 Å². The molecule has 0 bridgehead atoms. The lowest BCUT2D eigenvalue weighted by atomic mass is 9.96. The van der Waals surface area contributed by atoms with Gasteiger partial charge in [0.25, 0.3) is 0 Å². The fourth-order valence-electron chi connectivity index (χ4n) is 0.810. The van der Waals surface area contributed by atoms with Crippen LogP contribution in [0.15, 0.2) is 30.5 Å². The van der Waals surface area contributed by atoms with E-state index in [9.17, 15) is 0 Å². The minimum atomic E-state index is 0.234. The molecular formula is C11H15N. The number of nitrogens with zero attached hydrogens (tertiary/aromatic N) is 1. The van der Waals surface area contributed by atoms with Crippen LogP contribution < -0.4 is 0 Å². The zero-order chi connectivity index (χ0) is 9.03. The van der Waals surface area contributed by atoms with Gasteiger partial charge in [-0.1, -0.05) is 32.9 Å². The minimum Gasteiger partial charge on any atom is -0.257 e. The molecule has 64 valence electrons. The molecular weight excluding hydrogens is 146 g/mol. The summed E-state index contributed by atoms with van der Waals surface area (Å²) in [5, 5.41) is 0. The van der Waals surface area contributed by atoms with Crippen LogP contribution in [0.25, 0.3) is 6.08 Å². The molecule has 0 aliphatic heterocycles. The van der Waals surface area contributed by atoms with Crippen molar-refractivity contribution in [2.75, 3.05) is 0 Å². The van der Waals surface area contributed by atoms with E-state index in [1.165, 1.54) is 0 Å². The van der Waals surface area contributed by atoms with Crippen LogP contribution in [-0.2, 0) is 0 Å². The first kappa shape index (κ1) is 8.98. The Morgan fingerprint density at radius 1 is 1.25 bits per heavy atom. The van der Waals surface area contributed by atoms with E-state index in [1.807, 2.05) is 24.4 Å². The van der Waals surface area contributed by atoms with Gasteiger partial charge in [-0.2, -0.15) is 0 Å². The minimum absolute atomic E-state index is 0.234. The molecule has 0 aliphatic rings. The Morgan fingerprint density at radius 3 is 2.50 bits per heavy atom. The van der Waals surface area contributed by atoms with Gasteiger partial charge in [-0.05, 0) is 23.6 Å². The molecule has 0 saturated carbocycles. The van der Waals surface area contributed by atoms with E-state index in [2.05, 4.69) is 37.9 Å². The van der Waals surface area contributed by atoms with Gasteiger partial charge >= 0.3 is 0 Å². The molecule has 0 radical (unpaired) electrons. The largest absolute Gasteiger partial charge is 0.257 e. The second-order valence-corrected chi connectivity index (χ2v) is 3.95. The van der Waals surface area contributed by atoms with Crippen molar-refractivity contribution in [1.82, 2.24) is 4.98 Å². The first-order chi connectivity index (χ1) is 5.58. The normalized spacial score (nSPS) is 12.2. The van der Waals surface area contributed by atoms with Crippen LogP contribution in [0.3, 0.4) is 0 Å². The Kier molecular flexibility index (Phi) is 2.64. The third-order valence-electron chi connectivity index (χ3n) is 1.44. The van der Waals surface area contributed by atoms with Crippen molar-refractivity contribution in [3.8, 4) is 0 Å². The summed E-state index contributed by atoms with van der Waals surface area (Å²) in [6, 6.07) is 5.92. The maximum Gasteiger partial charge on any atom is 0.0626 e. The van der Waals surface area contributed by atoms with Crippen LogP contribution in [0.2, 0.25) is 0 Å². The third-order valence-corrected chi connectivity index (χ3v) is 1.44. The summed E-state index contributed by atoms with van der Waals surface area (Å²) in [4.78, 5) is 4.20. The fraction of sp³-hybridized carbons (Fsp3) is 0.364. The lowest BCUT2D eigenvalue weighted by molar-refractivity contribution is 0.547. The van der Waals surface area contributed by atoms with Gasteiger partial charge in [-0.3, -0.25) is 4.98 Å². The van der Waals surface area contributed by atoms with Gasteiger partial charge in [0, 0.05) is 6.20 Å². The lowest BCUT2D eigenvalue weighted by Gasteiger charge is -2.10. The number of allylic oxidation sites excluding steroid dienone is 1. The molecule has 0 aliphatic carbocycles. The van der Waals surface area contributed by atoms with Crippen molar-refractivity contribution in [3.05, 3.63) is 36.2 Å². The van der Waals surface area contributed by atoms with Crippen molar-refractivity contribution in [2.45, 2.75) is 20.8 Å². The highest BCUT2D eigenvalue weighted by molar-refractivity contribution is 5.44. The Hall–Kier alpha value is -1.11. The Labute approximate surface area is 74.2 Å². The zero-order valence-electron chi connectivity index (χ0n) is 7.91. The molecule has 0 N–H and O–H groups in total. The molecule has 0 amide bonds. The summed E-state index contributed by atoms with van der Waals surface area (Å²) >= 11 is 0. The van der Waals surface area contributed by atoms with Crippen molar-refractivity contribution in [3.63, 3.8) is 0 Å². The molecule has 12 heavy (non-hydrogen) atoms. The van der Waals surface area contributed by atoms with E-state index >= 15 is 0 Å². The first-order valence-corrected chi connectivity index (χ1v) is 4.18. The molecule has 1 heterocycles. The predicted molar refractivity (Wildman–Crippen MR) is 52.7 cm³/mol. The molecule has 0 aromatic carbocycles. The van der Waals surface area contributed by atoms with Gasteiger partial charge in [-0.15, -0.1) is 0 Å². The highest BCUT2D eigenvalue weighted by Crippen LogP contribution is 2.15. The quantitative estimate of drug-likeness (QED) is 0.616. The average molecular weight is 161 g/mol. The molecule has 0 saturated heterocycles. The molecule has 1 nitrogen and oxygen atoms in total. The average Bonchev–Trinajstić information content (AvgIpc) is 2.02. The lowest BCUT2D eigenvalue weighted by Crippen LogP contribution is -1.98. The van der Waals surface area contributed by atoms with Gasteiger partial charge in [0.2, 0.25) is 0 Å². The first-order valence-electron chi connectivity index (χ1n) is 4.18. The second-order valence-electron chi connectivity index (χ2n) is 3.95. The Balaban J connectivity index is 2.71. The van der Waals surface area contributed by atoms with Crippen LogP contribution in [-0.4, -0.2) is 4.98 Å². The summed E-state index contributed by atoms with van der Waals surface area (Å²) in [7, 11) is 0. The molecule has 0 spiro atoms. The van der Waals surface area contributed by atoms with Gasteiger partial charge < -0.3 is 0 Å². The summed E-state index contributed by atoms with van der Waals surface area (Å²) in [6.45, 7) is 6.52. The Morgan fingerprint density at radius 2 is 2.00 bits per heavy atom. The molecule has 1 aromatic rings. The molecule has 1 heteroatoms. The SMILES string of the molecule is CC(C)(C)/C=C/c1ccccn1. The van der Waals surface area contributed by atoms with E-state index in [0.717, 1.165) is 5.69 Å².